The summed E-state index contributed by atoms with van der Waals surface area (Å²) in [5.74, 6) is -27.1. The number of carbonyl (C=O) groups is 23. The van der Waals surface area contributed by atoms with Crippen LogP contribution in [0.1, 0.15) is 159 Å². The molecule has 0 aromatic heterocycles. The number of ether oxygens (including phenoxy) is 36. The van der Waals surface area contributed by atoms with Gasteiger partial charge in [0.15, 0.2) is 123 Å². The van der Waals surface area contributed by atoms with Crippen molar-refractivity contribution in [1.82, 2.24) is 0 Å². The summed E-state index contributed by atoms with van der Waals surface area (Å²) in [6.45, 7) is 12.4. The maximum absolute atomic E-state index is 14.0. The minimum atomic E-state index is -2.51. The van der Waals surface area contributed by atoms with Crippen LogP contribution < -0.4 is 0 Å². The molecule has 7 aliphatic heterocycles. The highest BCUT2D eigenvalue weighted by Crippen LogP contribution is 2.45. The Labute approximate surface area is 835 Å². The van der Waals surface area contributed by atoms with Crippen LogP contribution in [0.2, 0.25) is 0 Å². The second-order valence-electron chi connectivity index (χ2n) is 33.2. The van der Waals surface area contributed by atoms with E-state index in [1.54, 1.807) is 0 Å². The summed E-state index contributed by atoms with van der Waals surface area (Å²) >= 11 is 0. The first-order valence-corrected chi connectivity index (χ1v) is 45.0. The number of esters is 23. The zero-order valence-electron chi connectivity index (χ0n) is 83.7. The molecule has 7 fully saturated rings. The van der Waals surface area contributed by atoms with Crippen LogP contribution in [0.3, 0.4) is 0 Å². The van der Waals surface area contributed by atoms with Gasteiger partial charge in [0.05, 0.1) is 0 Å². The van der Waals surface area contributed by atoms with Gasteiger partial charge in [0.2, 0.25) is 12.4 Å². The molecule has 0 aliphatic carbocycles. The van der Waals surface area contributed by atoms with E-state index >= 15 is 0 Å². The van der Waals surface area contributed by atoms with Crippen molar-refractivity contribution >= 4 is 137 Å². The quantitative estimate of drug-likeness (QED) is 0.0430. The van der Waals surface area contributed by atoms with Gasteiger partial charge in [0.1, 0.15) is 126 Å². The van der Waals surface area contributed by atoms with Gasteiger partial charge in [-0.05, 0) is 0 Å². The zero-order valence-corrected chi connectivity index (χ0v) is 83.7. The SMILES string of the molecule is CC(=O)OC[C@H]1O[C@H](O[C@H]2[C@H](OC(C)=O)[C@@H](OC(C)=O)[C@@H](O[C@H]3[C@H](OC(C)=O)[C@@H](OC(C)=O)[C@@H](O[C@H]4[C@H](OC(C)=O)[C@@H](OC(C)=O)[C@@H](O[C@H]5[C@H](OC(C)=O)[C@@H](OC(C)=O)[C@@H](O[C@H]6[C@H](OC(C)=O)[C@@H](OC(C)=O)[C@@H](O[C@H]7[C@H](OC(C)=O)[C@@H](OC(C)=O)C(OC(C)=O)O[C@@H]7COC(C)=O)O[C@@H]6COC(C)=O)O[C@@H]5COC(C)=O)O[C@@H]4COC(C)=O)O[C@@H]3COC(C)=O)O[C@@H]2COC(C)=O)[C@H](OC(C)=O)[C@@H](OC(C)=O)[C@@H]1OC(C)=O. The number of carbonyl (C=O) groups excluding carboxylic acids is 23. The third kappa shape index (κ3) is 36.7. The Kier molecular flexibility index (Phi) is 46.1. The normalized spacial score (nSPS) is 32.8. The van der Waals surface area contributed by atoms with Gasteiger partial charge in [0.25, 0.3) is 0 Å². The standard InChI is InChI=1S/C88H118O59/c1-31(89)112-24-54-61(119-38(8)96)68(120-39(9)97)76(128-47(17)105)83(136-54)143-63-56(26-114-33(3)91)138-85(78(130-49(19)107)70(63)122-41(11)99)145-65-58(28-116-35(5)93)140-87(80(132-51(21)109)72(65)124-43(13)101)147-67-60(30-118-37(7)95)141-88(81(133-52(22)110)74(67)126-45(15)103)146-66-59(29-117-36(6)94)139-86(79(131-50(20)108)73(66)125-44(14)102)144-64-57(27-115-34(4)92)137-84(77(129-48(18)106)71(64)123-42(12)100)142-62-55(25-113-32(2)90)135-82(134-53(23)111)75(127-46(16)104)69(62)121-40(10)98/h54-88H,24-30H2,1-23H3/t54-,55-,56-,57-,58-,59-,60-,61-,62-,63-,64-,65-,66-,67-,68+,69+,70+,71+,72+,73+,74+,75-,76-,77-,78-,79-,80-,81-,82?,83-,84-,85-,86-,87-,88-/m1/s1. The lowest BCUT2D eigenvalue weighted by Crippen LogP contribution is -2.70. The topological polar surface area (TPSA) is 725 Å². The maximum Gasteiger partial charge on any atom is 0.305 e. The Morgan fingerprint density at radius 3 is 0.354 bits per heavy atom. The van der Waals surface area contributed by atoms with Crippen LogP contribution in [-0.2, 0) is 281 Å². The second kappa shape index (κ2) is 55.9. The summed E-state index contributed by atoms with van der Waals surface area (Å²) < 4.78 is 214. The van der Waals surface area contributed by atoms with E-state index in [4.69, 9.17) is 171 Å². The van der Waals surface area contributed by atoms with Crippen molar-refractivity contribution in [3.63, 3.8) is 0 Å². The number of rotatable bonds is 42. The van der Waals surface area contributed by atoms with E-state index in [9.17, 15) is 110 Å². The first kappa shape index (κ1) is 121. The Morgan fingerprint density at radius 1 is 0.122 bits per heavy atom. The Hall–Kier alpha value is -12.7. The van der Waals surface area contributed by atoms with Crippen molar-refractivity contribution in [2.24, 2.45) is 0 Å². The van der Waals surface area contributed by atoms with E-state index in [2.05, 4.69) is 0 Å². The second-order valence-corrected chi connectivity index (χ2v) is 33.2. The van der Waals surface area contributed by atoms with Crippen LogP contribution >= 0.6 is 0 Å². The molecular formula is C88H118O59. The summed E-state index contributed by atoms with van der Waals surface area (Å²) in [7, 11) is 0. The fourth-order valence-corrected chi connectivity index (χ4v) is 16.1. The molecule has 0 spiro atoms. The molecule has 1 unspecified atom stereocenters. The predicted octanol–water partition coefficient (Wildman–Crippen LogP) is -3.15. The summed E-state index contributed by atoms with van der Waals surface area (Å²) in [4.78, 5) is 306. The molecule has 0 aromatic rings. The molecule has 0 radical (unpaired) electrons. The summed E-state index contributed by atoms with van der Waals surface area (Å²) in [6, 6.07) is 0. The molecule has 0 saturated carbocycles. The molecule has 35 atom stereocenters. The van der Waals surface area contributed by atoms with Crippen molar-refractivity contribution in [2.75, 3.05) is 46.2 Å². The average molecular weight is 2120 g/mol. The molecule has 0 amide bonds. The molecule has 7 rings (SSSR count). The molecule has 7 saturated heterocycles. The average Bonchev–Trinajstić information content (AvgIpc) is 0.752. The van der Waals surface area contributed by atoms with E-state index in [0.717, 1.165) is 159 Å². The Bertz CT molecular complexity index is 4650. The van der Waals surface area contributed by atoms with Crippen molar-refractivity contribution in [3.05, 3.63) is 0 Å². The van der Waals surface area contributed by atoms with Crippen LogP contribution in [0.4, 0.5) is 0 Å². The molecule has 7 heterocycles. The highest BCUT2D eigenvalue weighted by atomic mass is 16.8. The van der Waals surface area contributed by atoms with Crippen molar-refractivity contribution < 1.29 is 281 Å². The monoisotopic (exact) mass is 2120 g/mol. The minimum Gasteiger partial charge on any atom is -0.463 e. The Morgan fingerprint density at radius 2 is 0.224 bits per heavy atom. The van der Waals surface area contributed by atoms with Gasteiger partial charge in [-0.1, -0.05) is 0 Å². The fraction of sp³-hybridized carbons (Fsp3) is 0.739. The minimum absolute atomic E-state index is 0.772. The number of hydrogen-bond donors (Lipinski definition) is 0. The molecule has 7 aliphatic rings. The van der Waals surface area contributed by atoms with Gasteiger partial charge < -0.3 is 171 Å². The van der Waals surface area contributed by atoms with E-state index in [0.29, 0.717) is 0 Å². The third-order valence-electron chi connectivity index (χ3n) is 20.9. The maximum atomic E-state index is 14.0. The molecule has 0 bridgehead atoms. The van der Waals surface area contributed by atoms with Crippen molar-refractivity contribution in [1.29, 1.82) is 0 Å². The fourth-order valence-electron chi connectivity index (χ4n) is 16.1. The highest BCUT2D eigenvalue weighted by molar-refractivity contribution is 5.74. The number of hydrogen-bond acceptors (Lipinski definition) is 59. The van der Waals surface area contributed by atoms with Gasteiger partial charge >= 0.3 is 137 Å². The van der Waals surface area contributed by atoms with Gasteiger partial charge in [-0.2, -0.15) is 0 Å². The molecule has 59 heteroatoms. The van der Waals surface area contributed by atoms with Gasteiger partial charge in [0, 0.05) is 159 Å². The molecule has 59 nitrogen and oxygen atoms in total. The van der Waals surface area contributed by atoms with E-state index in [-0.39, 0.29) is 0 Å². The van der Waals surface area contributed by atoms with Crippen molar-refractivity contribution in [2.45, 2.75) is 374 Å². The molecular weight excluding hydrogens is 2000 g/mol. The van der Waals surface area contributed by atoms with Gasteiger partial charge in [-0.25, -0.2) is 0 Å². The first-order chi connectivity index (χ1) is 68.8. The Balaban J connectivity index is 1.40. The predicted molar refractivity (Wildman–Crippen MR) is 451 cm³/mol. The van der Waals surface area contributed by atoms with Crippen LogP contribution in [0.5, 0.6) is 0 Å². The zero-order chi connectivity index (χ0) is 110. The lowest BCUT2D eigenvalue weighted by atomic mass is 9.94. The van der Waals surface area contributed by atoms with Crippen molar-refractivity contribution in [3.8, 4) is 0 Å². The molecule has 147 heavy (non-hydrogen) atoms. The van der Waals surface area contributed by atoms with Gasteiger partial charge in [-0.3, -0.25) is 110 Å². The summed E-state index contributed by atoms with van der Waals surface area (Å²) in [5, 5.41) is 0. The third-order valence-corrected chi connectivity index (χ3v) is 20.9. The van der Waals surface area contributed by atoms with E-state index < -0.39 is 398 Å². The molecule has 0 N–H and O–H groups in total. The lowest BCUT2D eigenvalue weighted by molar-refractivity contribution is -0.398. The largest absolute Gasteiger partial charge is 0.463 e. The molecule has 824 valence electrons. The smallest absolute Gasteiger partial charge is 0.305 e. The highest BCUT2D eigenvalue weighted by Gasteiger charge is 2.66. The van der Waals surface area contributed by atoms with Crippen LogP contribution in [0.15, 0.2) is 0 Å². The summed E-state index contributed by atoms with van der Waals surface area (Å²) in [5.41, 5.74) is 0. The van der Waals surface area contributed by atoms with E-state index in [1.807, 2.05) is 0 Å². The lowest BCUT2D eigenvalue weighted by Gasteiger charge is -2.52. The van der Waals surface area contributed by atoms with E-state index in [1.165, 1.54) is 0 Å². The van der Waals surface area contributed by atoms with Crippen LogP contribution in [0.25, 0.3) is 0 Å². The van der Waals surface area contributed by atoms with Crippen LogP contribution in [-0.4, -0.2) is 398 Å². The van der Waals surface area contributed by atoms with Crippen LogP contribution in [0, 0.1) is 0 Å². The summed E-state index contributed by atoms with van der Waals surface area (Å²) in [6.07, 6.45) is -77.1. The van der Waals surface area contributed by atoms with Gasteiger partial charge in [-0.15, -0.1) is 0 Å². The molecule has 0 aromatic carbocycles. The first-order valence-electron chi connectivity index (χ1n) is 45.0.